The minimum atomic E-state index is -0.185. The van der Waals surface area contributed by atoms with Gasteiger partial charge in [-0.25, -0.2) is 0 Å². The van der Waals surface area contributed by atoms with Crippen LogP contribution in [-0.2, 0) is 4.79 Å². The molecule has 0 aromatic heterocycles. The molecule has 0 aliphatic heterocycles. The summed E-state index contributed by atoms with van der Waals surface area (Å²) in [6.07, 6.45) is 1.67. The van der Waals surface area contributed by atoms with Crippen molar-refractivity contribution >= 4 is 17.3 Å². The van der Waals surface area contributed by atoms with E-state index in [2.05, 4.69) is 23.8 Å². The third-order valence-electron chi connectivity index (χ3n) is 3.32. The summed E-state index contributed by atoms with van der Waals surface area (Å²) in [4.78, 5) is 12.3. The highest BCUT2D eigenvalue weighted by atomic mass is 16.5. The summed E-state index contributed by atoms with van der Waals surface area (Å²) in [6, 6.07) is 14.8. The van der Waals surface area contributed by atoms with Gasteiger partial charge in [-0.2, -0.15) is 0 Å². The van der Waals surface area contributed by atoms with E-state index in [0.717, 1.165) is 11.3 Å². The van der Waals surface area contributed by atoms with Gasteiger partial charge in [-0.05, 0) is 36.8 Å². The lowest BCUT2D eigenvalue weighted by Crippen LogP contribution is -2.22. The van der Waals surface area contributed by atoms with E-state index in [9.17, 15) is 4.79 Å². The zero-order valence-electron chi connectivity index (χ0n) is 15.0. The van der Waals surface area contributed by atoms with Crippen molar-refractivity contribution in [1.82, 2.24) is 0 Å². The first-order valence-corrected chi connectivity index (χ1v) is 8.33. The van der Waals surface area contributed by atoms with E-state index in [4.69, 9.17) is 9.47 Å². The molecule has 0 bridgehead atoms. The van der Waals surface area contributed by atoms with E-state index < -0.39 is 0 Å². The molecular formula is C21H24N2O3. The van der Waals surface area contributed by atoms with Crippen LogP contribution in [0.2, 0.25) is 0 Å². The van der Waals surface area contributed by atoms with Gasteiger partial charge in [0.1, 0.15) is 24.7 Å². The van der Waals surface area contributed by atoms with Crippen LogP contribution in [0.1, 0.15) is 6.92 Å². The van der Waals surface area contributed by atoms with E-state index in [1.807, 2.05) is 49.4 Å². The van der Waals surface area contributed by atoms with Crippen LogP contribution in [0.5, 0.6) is 11.5 Å². The quantitative estimate of drug-likeness (QED) is 0.627. The van der Waals surface area contributed by atoms with Crippen LogP contribution in [0.25, 0.3) is 0 Å². The molecule has 2 N–H and O–H groups in total. The van der Waals surface area contributed by atoms with Crippen molar-refractivity contribution in [3.63, 3.8) is 0 Å². The Bertz CT molecular complexity index is 771. The topological polar surface area (TPSA) is 59.6 Å². The molecule has 1 amide bonds. The van der Waals surface area contributed by atoms with Gasteiger partial charge in [0.05, 0.1) is 17.9 Å². The number of ether oxygens (including phenoxy) is 2. The molecule has 0 unspecified atom stereocenters. The van der Waals surface area contributed by atoms with Crippen LogP contribution < -0.4 is 20.1 Å². The number of para-hydroxylation sites is 4. The SMILES string of the molecule is C=CCOc1ccccc1NCC(=O)Nc1ccccc1OCC(=C)C. The summed E-state index contributed by atoms with van der Waals surface area (Å²) in [5.41, 5.74) is 2.27. The van der Waals surface area contributed by atoms with Crippen molar-refractivity contribution in [3.05, 3.63) is 73.3 Å². The normalized spacial score (nSPS) is 9.88. The third-order valence-corrected chi connectivity index (χ3v) is 3.32. The van der Waals surface area contributed by atoms with Gasteiger partial charge in [-0.3, -0.25) is 4.79 Å². The maximum Gasteiger partial charge on any atom is 0.243 e. The second-order valence-electron chi connectivity index (χ2n) is 5.74. The molecule has 2 aromatic carbocycles. The van der Waals surface area contributed by atoms with Crippen molar-refractivity contribution in [1.29, 1.82) is 0 Å². The Hall–Kier alpha value is -3.21. The van der Waals surface area contributed by atoms with E-state index in [0.29, 0.717) is 30.4 Å². The first kappa shape index (κ1) is 19.1. The second kappa shape index (κ2) is 9.93. The molecule has 0 spiro atoms. The third kappa shape index (κ3) is 6.02. The molecule has 0 fully saturated rings. The average Bonchev–Trinajstić information content (AvgIpc) is 2.64. The fourth-order valence-electron chi connectivity index (χ4n) is 2.15. The van der Waals surface area contributed by atoms with Gasteiger partial charge in [0.25, 0.3) is 0 Å². The van der Waals surface area contributed by atoms with Crippen LogP contribution in [-0.4, -0.2) is 25.7 Å². The monoisotopic (exact) mass is 352 g/mol. The summed E-state index contributed by atoms with van der Waals surface area (Å²) < 4.78 is 11.2. The van der Waals surface area contributed by atoms with Gasteiger partial charge in [0, 0.05) is 0 Å². The van der Waals surface area contributed by atoms with Gasteiger partial charge in [0.2, 0.25) is 5.91 Å². The molecule has 136 valence electrons. The van der Waals surface area contributed by atoms with E-state index in [1.165, 1.54) is 0 Å². The highest BCUT2D eigenvalue weighted by Crippen LogP contribution is 2.25. The maximum absolute atomic E-state index is 12.3. The van der Waals surface area contributed by atoms with Crippen molar-refractivity contribution in [2.75, 3.05) is 30.4 Å². The fourth-order valence-corrected chi connectivity index (χ4v) is 2.15. The van der Waals surface area contributed by atoms with Gasteiger partial charge >= 0.3 is 0 Å². The number of carbonyl (C=O) groups excluding carboxylic acids is 1. The molecular weight excluding hydrogens is 328 g/mol. The molecule has 0 aliphatic carbocycles. The first-order valence-electron chi connectivity index (χ1n) is 8.33. The zero-order valence-corrected chi connectivity index (χ0v) is 15.0. The Morgan fingerprint density at radius 1 is 1.04 bits per heavy atom. The molecule has 2 rings (SSSR count). The highest BCUT2D eigenvalue weighted by molar-refractivity contribution is 5.95. The lowest BCUT2D eigenvalue weighted by Gasteiger charge is -2.14. The van der Waals surface area contributed by atoms with Gasteiger partial charge < -0.3 is 20.1 Å². The van der Waals surface area contributed by atoms with E-state index >= 15 is 0 Å². The fraction of sp³-hybridized carbons (Fsp3) is 0.190. The number of amides is 1. The molecule has 0 saturated heterocycles. The van der Waals surface area contributed by atoms with Crippen LogP contribution >= 0.6 is 0 Å². The number of rotatable bonds is 10. The predicted molar refractivity (Wildman–Crippen MR) is 106 cm³/mol. The van der Waals surface area contributed by atoms with Crippen molar-refractivity contribution in [2.24, 2.45) is 0 Å². The molecule has 2 aromatic rings. The Morgan fingerprint density at radius 3 is 2.31 bits per heavy atom. The van der Waals surface area contributed by atoms with Crippen molar-refractivity contribution < 1.29 is 14.3 Å². The molecule has 5 nitrogen and oxygen atoms in total. The number of hydrogen-bond acceptors (Lipinski definition) is 4. The first-order chi connectivity index (χ1) is 12.6. The zero-order chi connectivity index (χ0) is 18.8. The predicted octanol–water partition coefficient (Wildman–Crippen LogP) is 4.26. The van der Waals surface area contributed by atoms with Crippen molar-refractivity contribution in [2.45, 2.75) is 6.92 Å². The van der Waals surface area contributed by atoms with Crippen LogP contribution in [0, 0.1) is 0 Å². The molecule has 26 heavy (non-hydrogen) atoms. The van der Waals surface area contributed by atoms with E-state index in [-0.39, 0.29) is 12.5 Å². The number of benzene rings is 2. The largest absolute Gasteiger partial charge is 0.487 e. The summed E-state index contributed by atoms with van der Waals surface area (Å²) in [5, 5.41) is 5.94. The summed E-state index contributed by atoms with van der Waals surface area (Å²) in [6.45, 7) is 10.2. The molecule has 0 aliphatic rings. The minimum absolute atomic E-state index is 0.100. The summed E-state index contributed by atoms with van der Waals surface area (Å²) >= 11 is 0. The van der Waals surface area contributed by atoms with Crippen molar-refractivity contribution in [3.8, 4) is 11.5 Å². The second-order valence-corrected chi connectivity index (χ2v) is 5.74. The standard InChI is InChI=1S/C21H24N2O3/c1-4-13-25-19-11-7-5-9-17(19)22-14-21(24)23-18-10-6-8-12-20(18)26-15-16(2)3/h4-12,22H,1-2,13-15H2,3H3,(H,23,24). The number of anilines is 2. The highest BCUT2D eigenvalue weighted by Gasteiger charge is 2.09. The molecule has 5 heteroatoms. The summed E-state index contributed by atoms with van der Waals surface area (Å²) in [7, 11) is 0. The molecule has 0 heterocycles. The Morgan fingerprint density at radius 2 is 1.65 bits per heavy atom. The Balaban J connectivity index is 1.96. The maximum atomic E-state index is 12.3. The number of nitrogens with one attached hydrogen (secondary N) is 2. The lowest BCUT2D eigenvalue weighted by molar-refractivity contribution is -0.114. The van der Waals surface area contributed by atoms with Gasteiger partial charge in [0.15, 0.2) is 0 Å². The summed E-state index contributed by atoms with van der Waals surface area (Å²) in [5.74, 6) is 1.10. The van der Waals surface area contributed by atoms with E-state index in [1.54, 1.807) is 12.1 Å². The molecule has 0 saturated carbocycles. The molecule has 0 atom stereocenters. The Labute approximate surface area is 154 Å². The van der Waals surface area contributed by atoms with Crippen LogP contribution in [0.4, 0.5) is 11.4 Å². The Kier molecular flexibility index (Phi) is 7.31. The van der Waals surface area contributed by atoms with Crippen LogP contribution in [0.15, 0.2) is 73.3 Å². The average molecular weight is 352 g/mol. The van der Waals surface area contributed by atoms with Gasteiger partial charge in [-0.1, -0.05) is 43.5 Å². The smallest absolute Gasteiger partial charge is 0.243 e. The van der Waals surface area contributed by atoms with Crippen LogP contribution in [0.3, 0.4) is 0 Å². The molecule has 0 radical (unpaired) electrons. The number of hydrogen-bond donors (Lipinski definition) is 2. The number of carbonyl (C=O) groups is 1. The minimum Gasteiger partial charge on any atom is -0.487 e. The van der Waals surface area contributed by atoms with Gasteiger partial charge in [-0.15, -0.1) is 0 Å². The lowest BCUT2D eigenvalue weighted by atomic mass is 10.2.